The molecule has 8 nitrogen and oxygen atoms in total. The molecule has 0 spiro atoms. The third kappa shape index (κ3) is 3.47. The summed E-state index contributed by atoms with van der Waals surface area (Å²) in [6.07, 6.45) is 0.975. The smallest absolute Gasteiger partial charge is 0.292 e. The number of hydrogen-bond donors (Lipinski definition) is 1. The zero-order valence-corrected chi connectivity index (χ0v) is 8.74. The largest absolute Gasteiger partial charge is 0.379 e. The molecule has 88 valence electrons. The lowest BCUT2D eigenvalue weighted by atomic mass is 10.2. The first kappa shape index (κ1) is 12.5. The molecule has 1 rings (SSSR count). The molecule has 0 heterocycles. The molecule has 1 aromatic carbocycles. The van der Waals surface area contributed by atoms with Gasteiger partial charge in [-0.15, -0.1) is 0 Å². The van der Waals surface area contributed by atoms with Gasteiger partial charge in [-0.3, -0.25) is 10.1 Å². The molecule has 1 aromatic rings. The molecule has 0 unspecified atom stereocenters. The first-order valence-electron chi connectivity index (χ1n) is 4.70. The third-order valence-electron chi connectivity index (χ3n) is 1.92. The summed E-state index contributed by atoms with van der Waals surface area (Å²) in [4.78, 5) is 22.9. The number of carbonyl (C=O) groups is 1. The quantitative estimate of drug-likeness (QED) is 0.155. The number of carbonyl (C=O) groups excluding carboxylic acids is 1. The van der Waals surface area contributed by atoms with Gasteiger partial charge in [0.05, 0.1) is 4.92 Å². The molecule has 0 aromatic heterocycles. The molecule has 8 heteroatoms. The van der Waals surface area contributed by atoms with Gasteiger partial charge in [-0.25, -0.2) is 0 Å². The molecule has 1 N–H and O–H groups in total. The molecule has 0 atom stereocenters. The van der Waals surface area contributed by atoms with Gasteiger partial charge in [0.2, 0.25) is 0 Å². The summed E-state index contributed by atoms with van der Waals surface area (Å²) in [7, 11) is 0. The van der Waals surface area contributed by atoms with Crippen LogP contribution in [0.1, 0.15) is 6.42 Å². The topological polar surface area (TPSA) is 121 Å². The minimum absolute atomic E-state index is 0.167. The van der Waals surface area contributed by atoms with E-state index in [1.807, 2.05) is 0 Å². The Morgan fingerprint density at radius 1 is 1.59 bits per heavy atom. The van der Waals surface area contributed by atoms with E-state index in [0.29, 0.717) is 12.8 Å². The van der Waals surface area contributed by atoms with Crippen LogP contribution in [0.2, 0.25) is 0 Å². The molecule has 0 fully saturated rings. The molecular formula is C9H9N5O3. The Morgan fingerprint density at radius 3 is 2.94 bits per heavy atom. The first-order valence-corrected chi connectivity index (χ1v) is 4.70. The van der Waals surface area contributed by atoms with E-state index in [0.717, 1.165) is 0 Å². The van der Waals surface area contributed by atoms with Crippen molar-refractivity contribution in [2.75, 3.05) is 11.9 Å². The lowest BCUT2D eigenvalue weighted by Crippen LogP contribution is -2.04. The van der Waals surface area contributed by atoms with Crippen LogP contribution in [-0.4, -0.2) is 17.8 Å². The van der Waals surface area contributed by atoms with Crippen molar-refractivity contribution in [2.45, 2.75) is 6.42 Å². The fourth-order valence-electron chi connectivity index (χ4n) is 1.20. The van der Waals surface area contributed by atoms with E-state index < -0.39 is 4.92 Å². The molecule has 0 saturated heterocycles. The Bertz CT molecular complexity index is 482. The average molecular weight is 235 g/mol. The molecular weight excluding hydrogens is 226 g/mol. The number of anilines is 1. The van der Waals surface area contributed by atoms with Gasteiger partial charge in [-0.05, 0) is 11.6 Å². The minimum atomic E-state index is -0.584. The standard InChI is InChI=1S/C9H9N5O3/c10-13-12-7-2-3-8(11-4-1-5-15)9(6-7)14(16)17/h2-3,5-6,11H,1,4H2. The molecule has 0 aliphatic carbocycles. The van der Waals surface area contributed by atoms with Gasteiger partial charge >= 0.3 is 0 Å². The van der Waals surface area contributed by atoms with Crippen LogP contribution in [0.15, 0.2) is 23.3 Å². The maximum atomic E-state index is 10.8. The van der Waals surface area contributed by atoms with E-state index in [4.69, 9.17) is 5.53 Å². The number of nitro groups is 1. The zero-order valence-electron chi connectivity index (χ0n) is 8.74. The van der Waals surface area contributed by atoms with Crippen LogP contribution in [0.3, 0.4) is 0 Å². The van der Waals surface area contributed by atoms with Gasteiger partial charge < -0.3 is 10.1 Å². The summed E-state index contributed by atoms with van der Waals surface area (Å²) >= 11 is 0. The van der Waals surface area contributed by atoms with Crippen LogP contribution in [0.5, 0.6) is 0 Å². The molecule has 0 aliphatic heterocycles. The van der Waals surface area contributed by atoms with Crippen molar-refractivity contribution in [3.63, 3.8) is 0 Å². The lowest BCUT2D eigenvalue weighted by molar-refractivity contribution is -0.383. The highest BCUT2D eigenvalue weighted by Gasteiger charge is 2.13. The van der Waals surface area contributed by atoms with Crippen LogP contribution < -0.4 is 5.32 Å². The molecule has 0 aliphatic rings. The SMILES string of the molecule is [N-]=[N+]=Nc1ccc(NCCC=O)c([N+](=O)[O-])c1. The monoisotopic (exact) mass is 235 g/mol. The van der Waals surface area contributed by atoms with Crippen molar-refractivity contribution in [1.29, 1.82) is 0 Å². The van der Waals surface area contributed by atoms with Crippen LogP contribution in [0.4, 0.5) is 17.1 Å². The van der Waals surface area contributed by atoms with E-state index in [-0.39, 0.29) is 23.5 Å². The van der Waals surface area contributed by atoms with Gasteiger partial charge in [0.25, 0.3) is 5.69 Å². The van der Waals surface area contributed by atoms with E-state index in [9.17, 15) is 14.9 Å². The molecule has 17 heavy (non-hydrogen) atoms. The van der Waals surface area contributed by atoms with Crippen LogP contribution in [0.25, 0.3) is 10.4 Å². The Kier molecular flexibility index (Phi) is 4.46. The highest BCUT2D eigenvalue weighted by Crippen LogP contribution is 2.29. The van der Waals surface area contributed by atoms with Gasteiger partial charge in [-0.1, -0.05) is 11.2 Å². The summed E-state index contributed by atoms with van der Waals surface area (Å²) in [5, 5.41) is 16.8. The summed E-state index contributed by atoms with van der Waals surface area (Å²) in [6, 6.07) is 4.06. The highest BCUT2D eigenvalue weighted by molar-refractivity contribution is 5.67. The van der Waals surface area contributed by atoms with E-state index >= 15 is 0 Å². The summed E-state index contributed by atoms with van der Waals surface area (Å²) < 4.78 is 0. The van der Waals surface area contributed by atoms with Gasteiger partial charge in [-0.2, -0.15) is 0 Å². The number of nitro benzene ring substituents is 1. The molecule has 0 bridgehead atoms. The second-order valence-electron chi connectivity index (χ2n) is 3.03. The number of rotatable bonds is 6. The van der Waals surface area contributed by atoms with Crippen molar-refractivity contribution < 1.29 is 9.72 Å². The zero-order chi connectivity index (χ0) is 12.7. The number of nitrogens with one attached hydrogen (secondary N) is 1. The second kappa shape index (κ2) is 6.09. The van der Waals surface area contributed by atoms with Crippen LogP contribution in [0, 0.1) is 10.1 Å². The Balaban J connectivity index is 2.99. The fourth-order valence-corrected chi connectivity index (χ4v) is 1.20. The third-order valence-corrected chi connectivity index (χ3v) is 1.92. The van der Waals surface area contributed by atoms with Crippen molar-refractivity contribution in [2.24, 2.45) is 5.11 Å². The fraction of sp³-hybridized carbons (Fsp3) is 0.222. The van der Waals surface area contributed by atoms with Crippen LogP contribution in [-0.2, 0) is 4.79 Å². The van der Waals surface area contributed by atoms with E-state index in [1.165, 1.54) is 18.2 Å². The average Bonchev–Trinajstić information content (AvgIpc) is 2.31. The molecule has 0 saturated carbocycles. The van der Waals surface area contributed by atoms with Gasteiger partial charge in [0.15, 0.2) is 0 Å². The van der Waals surface area contributed by atoms with Gasteiger partial charge in [0.1, 0.15) is 12.0 Å². The number of nitrogens with zero attached hydrogens (tertiary/aromatic N) is 4. The second-order valence-corrected chi connectivity index (χ2v) is 3.03. The predicted molar refractivity (Wildman–Crippen MR) is 61.1 cm³/mol. The minimum Gasteiger partial charge on any atom is -0.379 e. The van der Waals surface area contributed by atoms with Gasteiger partial charge in [0, 0.05) is 29.6 Å². The van der Waals surface area contributed by atoms with Crippen molar-refractivity contribution in [1.82, 2.24) is 0 Å². The summed E-state index contributed by atoms with van der Waals surface area (Å²) in [5.74, 6) is 0. The number of aldehydes is 1. The van der Waals surface area contributed by atoms with Crippen molar-refractivity contribution in [3.05, 3.63) is 38.8 Å². The van der Waals surface area contributed by atoms with Crippen molar-refractivity contribution in [3.8, 4) is 0 Å². The van der Waals surface area contributed by atoms with E-state index in [2.05, 4.69) is 15.3 Å². The Hall–Kier alpha value is -2.60. The predicted octanol–water partition coefficient (Wildman–Crippen LogP) is 2.54. The summed E-state index contributed by atoms with van der Waals surface area (Å²) in [5.41, 5.74) is 8.48. The van der Waals surface area contributed by atoms with E-state index in [1.54, 1.807) is 0 Å². The summed E-state index contributed by atoms with van der Waals surface area (Å²) in [6.45, 7) is 0.311. The molecule has 0 radical (unpaired) electrons. The lowest BCUT2D eigenvalue weighted by Gasteiger charge is -2.05. The normalized spacial score (nSPS) is 9.18. The maximum Gasteiger partial charge on any atom is 0.292 e. The number of hydrogen-bond acceptors (Lipinski definition) is 5. The number of azide groups is 1. The molecule has 0 amide bonds. The van der Waals surface area contributed by atoms with Crippen LogP contribution >= 0.6 is 0 Å². The highest BCUT2D eigenvalue weighted by atomic mass is 16.6. The van der Waals surface area contributed by atoms with Crippen molar-refractivity contribution >= 4 is 23.3 Å². The first-order chi connectivity index (χ1) is 8.19. The Labute approximate surface area is 96.0 Å². The maximum absolute atomic E-state index is 10.8. The number of benzene rings is 1. The Morgan fingerprint density at radius 2 is 2.35 bits per heavy atom.